The summed E-state index contributed by atoms with van der Waals surface area (Å²) in [7, 11) is 1.74. The molecule has 0 saturated heterocycles. The largest absolute Gasteiger partial charge is 0.357 e. The number of fused-ring (bicyclic) bond motifs is 1. The van der Waals surface area contributed by atoms with Gasteiger partial charge in [-0.1, -0.05) is 0 Å². The van der Waals surface area contributed by atoms with Crippen molar-refractivity contribution in [2.24, 2.45) is 0 Å². The van der Waals surface area contributed by atoms with Crippen molar-refractivity contribution in [3.8, 4) is 0 Å². The molecule has 3 aromatic heterocycles. The fraction of sp³-hybridized carbons (Fsp3) is 0.364. The lowest BCUT2D eigenvalue weighted by molar-refractivity contribution is 0.534. The number of nitrogens with zero attached hydrogens (tertiary/aromatic N) is 5. The fourth-order valence-corrected chi connectivity index (χ4v) is 2.95. The van der Waals surface area contributed by atoms with Gasteiger partial charge in [-0.3, -0.25) is 9.67 Å². The van der Waals surface area contributed by atoms with Gasteiger partial charge >= 0.3 is 5.69 Å². The molecule has 3 N–H and O–H groups in total. The lowest BCUT2D eigenvalue weighted by Gasteiger charge is -2.08. The topological polar surface area (TPSA) is 117 Å². The van der Waals surface area contributed by atoms with E-state index in [0.29, 0.717) is 21.8 Å². The van der Waals surface area contributed by atoms with Crippen molar-refractivity contribution in [2.45, 2.75) is 30.1 Å². The smallest absolute Gasteiger partial charge is 0.344 e. The third kappa shape index (κ3) is 2.37. The van der Waals surface area contributed by atoms with E-state index in [9.17, 15) is 4.79 Å². The summed E-state index contributed by atoms with van der Waals surface area (Å²) in [6.45, 7) is 3.85. The first-order valence-electron chi connectivity index (χ1n) is 6.33. The summed E-state index contributed by atoms with van der Waals surface area (Å²) in [5.74, 6) is 0.475. The van der Waals surface area contributed by atoms with Crippen LogP contribution in [-0.2, 0) is 0 Å². The number of H-pyrrole nitrogens is 2. The molecule has 0 aliphatic carbocycles. The van der Waals surface area contributed by atoms with E-state index in [4.69, 9.17) is 0 Å². The number of rotatable bonds is 4. The van der Waals surface area contributed by atoms with E-state index in [1.165, 1.54) is 11.8 Å². The van der Waals surface area contributed by atoms with E-state index in [1.54, 1.807) is 17.8 Å². The van der Waals surface area contributed by atoms with Crippen molar-refractivity contribution in [3.05, 3.63) is 16.7 Å². The SMILES string of the molecule is CNc1nc(Sc2n[nH]c(=O)n2C(C)C)c2cn[nH]c2n1. The number of hydrogen-bond donors (Lipinski definition) is 3. The molecule has 21 heavy (non-hydrogen) atoms. The zero-order valence-corrected chi connectivity index (χ0v) is 12.5. The van der Waals surface area contributed by atoms with Gasteiger partial charge in [0.1, 0.15) is 5.03 Å². The molecular formula is C11H14N8OS. The summed E-state index contributed by atoms with van der Waals surface area (Å²) < 4.78 is 1.58. The minimum Gasteiger partial charge on any atom is -0.357 e. The first-order chi connectivity index (χ1) is 10.1. The molecule has 0 aliphatic heterocycles. The summed E-state index contributed by atoms with van der Waals surface area (Å²) in [6, 6.07) is 0.00389. The molecule has 0 bridgehead atoms. The first-order valence-corrected chi connectivity index (χ1v) is 7.15. The maximum Gasteiger partial charge on any atom is 0.344 e. The summed E-state index contributed by atoms with van der Waals surface area (Å²) in [5, 5.41) is 18.2. The second kappa shape index (κ2) is 5.20. The minimum absolute atomic E-state index is 0.00389. The standard InChI is InChI=1S/C11H14N8OS/c1-5(2)19-10(20)17-18-11(19)21-8-6-4-13-16-7(6)14-9(12-3)15-8/h4-5H,1-3H3,(H,17,20)(H2,12,13,14,15,16). The van der Waals surface area contributed by atoms with Crippen molar-refractivity contribution in [1.29, 1.82) is 0 Å². The van der Waals surface area contributed by atoms with Gasteiger partial charge in [0.25, 0.3) is 0 Å². The Morgan fingerprint density at radius 3 is 2.86 bits per heavy atom. The molecule has 9 nitrogen and oxygen atoms in total. The Kier molecular flexibility index (Phi) is 3.37. The van der Waals surface area contributed by atoms with Crippen LogP contribution in [0.25, 0.3) is 11.0 Å². The summed E-state index contributed by atoms with van der Waals surface area (Å²) in [4.78, 5) is 20.5. The lowest BCUT2D eigenvalue weighted by atomic mass is 10.4. The van der Waals surface area contributed by atoms with Crippen LogP contribution < -0.4 is 11.0 Å². The Hall–Kier alpha value is -2.36. The molecule has 0 fully saturated rings. The summed E-state index contributed by atoms with van der Waals surface area (Å²) in [5.41, 5.74) is 0.393. The molecule has 0 aliphatic rings. The van der Waals surface area contributed by atoms with Crippen LogP contribution in [0.2, 0.25) is 0 Å². The van der Waals surface area contributed by atoms with E-state index in [2.05, 4.69) is 35.7 Å². The number of aromatic nitrogens is 7. The fourth-order valence-electron chi connectivity index (χ4n) is 1.90. The van der Waals surface area contributed by atoms with Crippen LogP contribution in [0.15, 0.2) is 21.2 Å². The Balaban J connectivity index is 2.10. The highest BCUT2D eigenvalue weighted by Gasteiger charge is 2.17. The van der Waals surface area contributed by atoms with Crippen molar-refractivity contribution in [3.63, 3.8) is 0 Å². The van der Waals surface area contributed by atoms with Crippen LogP contribution in [0.5, 0.6) is 0 Å². The molecule has 10 heteroatoms. The predicted molar refractivity (Wildman–Crippen MR) is 78.6 cm³/mol. The highest BCUT2D eigenvalue weighted by atomic mass is 32.2. The van der Waals surface area contributed by atoms with Crippen molar-refractivity contribution < 1.29 is 0 Å². The van der Waals surface area contributed by atoms with E-state index < -0.39 is 0 Å². The normalized spacial score (nSPS) is 11.4. The maximum absolute atomic E-state index is 11.8. The van der Waals surface area contributed by atoms with Gasteiger partial charge in [0, 0.05) is 13.1 Å². The van der Waals surface area contributed by atoms with Crippen LogP contribution in [0.3, 0.4) is 0 Å². The van der Waals surface area contributed by atoms with Crippen LogP contribution in [0.4, 0.5) is 5.95 Å². The quantitative estimate of drug-likeness (QED) is 0.616. The molecule has 3 heterocycles. The molecule has 0 spiro atoms. The maximum atomic E-state index is 11.8. The van der Waals surface area contributed by atoms with Crippen LogP contribution in [-0.4, -0.2) is 42.0 Å². The highest BCUT2D eigenvalue weighted by Crippen LogP contribution is 2.30. The Bertz CT molecular complexity index is 832. The highest BCUT2D eigenvalue weighted by molar-refractivity contribution is 7.99. The van der Waals surface area contributed by atoms with Gasteiger partial charge in [-0.05, 0) is 25.6 Å². The Labute approximate surface area is 123 Å². The van der Waals surface area contributed by atoms with Crippen molar-refractivity contribution in [1.82, 2.24) is 34.9 Å². The average Bonchev–Trinajstić information content (AvgIpc) is 3.05. The molecule has 0 radical (unpaired) electrons. The minimum atomic E-state index is -0.237. The van der Waals surface area contributed by atoms with E-state index in [-0.39, 0.29) is 11.7 Å². The van der Waals surface area contributed by atoms with Gasteiger partial charge in [0.15, 0.2) is 10.8 Å². The molecule has 3 aromatic rings. The number of anilines is 1. The molecule has 110 valence electrons. The third-order valence-corrected chi connectivity index (χ3v) is 3.85. The third-order valence-electron chi connectivity index (χ3n) is 2.87. The molecule has 0 atom stereocenters. The second-order valence-electron chi connectivity index (χ2n) is 4.61. The number of hydrogen-bond acceptors (Lipinski definition) is 7. The van der Waals surface area contributed by atoms with Gasteiger partial charge in [0.05, 0.1) is 11.6 Å². The van der Waals surface area contributed by atoms with Gasteiger partial charge in [-0.25, -0.2) is 14.9 Å². The van der Waals surface area contributed by atoms with E-state index in [1.807, 2.05) is 13.8 Å². The number of nitrogens with one attached hydrogen (secondary N) is 3. The van der Waals surface area contributed by atoms with Gasteiger partial charge in [-0.15, -0.1) is 5.10 Å². The van der Waals surface area contributed by atoms with Gasteiger partial charge in [-0.2, -0.15) is 10.1 Å². The lowest BCUT2D eigenvalue weighted by Crippen LogP contribution is -2.19. The average molecular weight is 306 g/mol. The van der Waals surface area contributed by atoms with Crippen LogP contribution >= 0.6 is 11.8 Å². The van der Waals surface area contributed by atoms with Gasteiger partial charge < -0.3 is 5.32 Å². The number of aromatic amines is 2. The summed E-state index contributed by atoms with van der Waals surface area (Å²) >= 11 is 1.30. The van der Waals surface area contributed by atoms with E-state index in [0.717, 1.165) is 5.39 Å². The Morgan fingerprint density at radius 1 is 1.33 bits per heavy atom. The molecule has 0 unspecified atom stereocenters. The Morgan fingerprint density at radius 2 is 2.14 bits per heavy atom. The molecule has 0 aromatic carbocycles. The molecule has 0 saturated carbocycles. The summed E-state index contributed by atoms with van der Waals surface area (Å²) in [6.07, 6.45) is 1.65. The molecular weight excluding hydrogens is 292 g/mol. The molecule has 3 rings (SSSR count). The van der Waals surface area contributed by atoms with Gasteiger partial charge in [0.2, 0.25) is 5.95 Å². The monoisotopic (exact) mass is 306 g/mol. The van der Waals surface area contributed by atoms with Crippen LogP contribution in [0, 0.1) is 0 Å². The first kappa shape index (κ1) is 13.6. The van der Waals surface area contributed by atoms with Crippen molar-refractivity contribution in [2.75, 3.05) is 12.4 Å². The zero-order valence-electron chi connectivity index (χ0n) is 11.7. The molecule has 0 amide bonds. The van der Waals surface area contributed by atoms with Crippen molar-refractivity contribution >= 4 is 28.7 Å². The predicted octanol–water partition coefficient (Wildman–Crippen LogP) is 1.01. The zero-order chi connectivity index (χ0) is 15.0. The van der Waals surface area contributed by atoms with E-state index >= 15 is 0 Å². The van der Waals surface area contributed by atoms with Crippen LogP contribution in [0.1, 0.15) is 19.9 Å². The second-order valence-corrected chi connectivity index (χ2v) is 5.57.